The zero-order chi connectivity index (χ0) is 6.86. The van der Waals surface area contributed by atoms with Gasteiger partial charge in [0.25, 0.3) is 0 Å². The molecule has 0 aromatic heterocycles. The molecule has 0 amide bonds. The Morgan fingerprint density at radius 2 is 2.00 bits per heavy atom. The van der Waals surface area contributed by atoms with Crippen LogP contribution in [0, 0.1) is 0 Å². The maximum absolute atomic E-state index is 5.39. The van der Waals surface area contributed by atoms with E-state index in [2.05, 4.69) is 5.32 Å². The monoisotopic (exact) mass is 141 g/mol. The van der Waals surface area contributed by atoms with Crippen molar-refractivity contribution < 1.29 is 4.74 Å². The van der Waals surface area contributed by atoms with Crippen LogP contribution in [0.4, 0.5) is 0 Å². The molecule has 2 fully saturated rings. The third-order valence-corrected chi connectivity index (χ3v) is 2.77. The zero-order valence-corrected chi connectivity index (χ0v) is 6.36. The number of rotatable bonds is 0. The Hall–Kier alpha value is -0.0800. The first-order valence-corrected chi connectivity index (χ1v) is 4.24. The maximum Gasteiger partial charge on any atom is 0.0483 e. The molecule has 0 unspecified atom stereocenters. The van der Waals surface area contributed by atoms with Crippen molar-refractivity contribution in [2.45, 2.75) is 31.2 Å². The molecule has 1 spiro atoms. The van der Waals surface area contributed by atoms with Crippen molar-refractivity contribution in [3.63, 3.8) is 0 Å². The first-order valence-electron chi connectivity index (χ1n) is 4.24. The molecule has 2 heteroatoms. The molecule has 2 aliphatic heterocycles. The normalized spacial score (nSPS) is 40.8. The van der Waals surface area contributed by atoms with Crippen LogP contribution in [-0.2, 0) is 4.74 Å². The Bertz CT molecular complexity index is 110. The van der Waals surface area contributed by atoms with Crippen LogP contribution < -0.4 is 5.32 Å². The molecular formula is C8H15NO. The van der Waals surface area contributed by atoms with Gasteiger partial charge in [-0.15, -0.1) is 0 Å². The molecule has 0 radical (unpaired) electrons. The molecule has 0 saturated carbocycles. The van der Waals surface area contributed by atoms with Gasteiger partial charge in [-0.05, 0) is 32.2 Å². The van der Waals surface area contributed by atoms with Gasteiger partial charge in [0.05, 0.1) is 0 Å². The van der Waals surface area contributed by atoms with E-state index in [9.17, 15) is 0 Å². The summed E-state index contributed by atoms with van der Waals surface area (Å²) in [5.74, 6) is 0. The van der Waals surface area contributed by atoms with Gasteiger partial charge in [-0.2, -0.15) is 0 Å². The highest BCUT2D eigenvalue weighted by Gasteiger charge is 2.36. The van der Waals surface area contributed by atoms with Gasteiger partial charge in [0.1, 0.15) is 0 Å². The van der Waals surface area contributed by atoms with Crippen molar-refractivity contribution in [1.29, 1.82) is 0 Å². The van der Waals surface area contributed by atoms with Crippen molar-refractivity contribution >= 4 is 0 Å². The minimum Gasteiger partial charge on any atom is -0.381 e. The predicted octanol–water partition coefficient (Wildman–Crippen LogP) is 0.919. The van der Waals surface area contributed by atoms with Gasteiger partial charge < -0.3 is 10.1 Å². The van der Waals surface area contributed by atoms with E-state index in [0.717, 1.165) is 13.2 Å². The van der Waals surface area contributed by atoms with E-state index < -0.39 is 0 Å². The summed E-state index contributed by atoms with van der Waals surface area (Å²) in [6.45, 7) is 3.16. The average Bonchev–Trinajstić information content (AvgIpc) is 2.08. The third kappa shape index (κ3) is 1.06. The second-order valence-electron chi connectivity index (χ2n) is 3.42. The zero-order valence-electron chi connectivity index (χ0n) is 6.36. The highest BCUT2D eigenvalue weighted by atomic mass is 16.5. The van der Waals surface area contributed by atoms with Gasteiger partial charge in [0.2, 0.25) is 0 Å². The molecular weight excluding hydrogens is 126 g/mol. The molecule has 1 atom stereocenters. The van der Waals surface area contributed by atoms with Gasteiger partial charge in [0, 0.05) is 18.8 Å². The van der Waals surface area contributed by atoms with Crippen molar-refractivity contribution in [2.24, 2.45) is 0 Å². The standard InChI is InChI=1S/C8H15NO/c1-2-8(3-5-9-8)4-7-10-6-1/h9H,1-7H2/t8-/m1/s1. The maximum atomic E-state index is 5.39. The van der Waals surface area contributed by atoms with E-state index in [-0.39, 0.29) is 0 Å². The van der Waals surface area contributed by atoms with Crippen molar-refractivity contribution in [3.05, 3.63) is 0 Å². The molecule has 0 aliphatic carbocycles. The second-order valence-corrected chi connectivity index (χ2v) is 3.42. The van der Waals surface area contributed by atoms with E-state index in [1.807, 2.05) is 0 Å². The smallest absolute Gasteiger partial charge is 0.0483 e. The predicted molar refractivity (Wildman–Crippen MR) is 40.0 cm³/mol. The molecule has 2 nitrogen and oxygen atoms in total. The fourth-order valence-electron chi connectivity index (χ4n) is 1.91. The summed E-state index contributed by atoms with van der Waals surface area (Å²) >= 11 is 0. The summed E-state index contributed by atoms with van der Waals surface area (Å²) in [6, 6.07) is 0. The largest absolute Gasteiger partial charge is 0.381 e. The summed E-state index contributed by atoms with van der Waals surface area (Å²) in [5, 5.41) is 3.52. The highest BCUT2D eigenvalue weighted by molar-refractivity contribution is 4.96. The van der Waals surface area contributed by atoms with Crippen LogP contribution in [0.5, 0.6) is 0 Å². The molecule has 10 heavy (non-hydrogen) atoms. The molecule has 1 N–H and O–H groups in total. The van der Waals surface area contributed by atoms with Crippen molar-refractivity contribution in [2.75, 3.05) is 19.8 Å². The molecule has 58 valence electrons. The van der Waals surface area contributed by atoms with Crippen LogP contribution in [-0.4, -0.2) is 25.3 Å². The summed E-state index contributed by atoms with van der Waals surface area (Å²) < 4.78 is 5.39. The highest BCUT2D eigenvalue weighted by Crippen LogP contribution is 2.29. The van der Waals surface area contributed by atoms with Crippen LogP contribution >= 0.6 is 0 Å². The lowest BCUT2D eigenvalue weighted by atomic mass is 9.81. The number of hydrogen-bond donors (Lipinski definition) is 1. The topological polar surface area (TPSA) is 21.3 Å². The first kappa shape index (κ1) is 6.62. The van der Waals surface area contributed by atoms with E-state index in [0.29, 0.717) is 5.54 Å². The van der Waals surface area contributed by atoms with Crippen LogP contribution in [0.2, 0.25) is 0 Å². The minimum absolute atomic E-state index is 0.510. The van der Waals surface area contributed by atoms with Crippen LogP contribution in [0.25, 0.3) is 0 Å². The molecule has 0 aromatic rings. The molecule has 2 heterocycles. The minimum atomic E-state index is 0.510. The van der Waals surface area contributed by atoms with E-state index in [1.165, 1.54) is 32.2 Å². The lowest BCUT2D eigenvalue weighted by Gasteiger charge is -2.42. The number of hydrogen-bond acceptors (Lipinski definition) is 2. The van der Waals surface area contributed by atoms with Crippen molar-refractivity contribution in [1.82, 2.24) is 5.32 Å². The molecule has 2 rings (SSSR count). The number of ether oxygens (including phenoxy) is 1. The fourth-order valence-corrected chi connectivity index (χ4v) is 1.91. The quantitative estimate of drug-likeness (QED) is 0.541. The Labute approximate surface area is 61.9 Å². The van der Waals surface area contributed by atoms with Crippen molar-refractivity contribution in [3.8, 4) is 0 Å². The first-order chi connectivity index (χ1) is 4.91. The fraction of sp³-hybridized carbons (Fsp3) is 1.00. The average molecular weight is 141 g/mol. The lowest BCUT2D eigenvalue weighted by Crippen LogP contribution is -2.56. The van der Waals surface area contributed by atoms with Gasteiger partial charge in [-0.3, -0.25) is 0 Å². The van der Waals surface area contributed by atoms with E-state index in [4.69, 9.17) is 4.74 Å². The lowest BCUT2D eigenvalue weighted by molar-refractivity contribution is 0.122. The SMILES string of the molecule is C1COCC[C@@]2(C1)CCN2. The Morgan fingerprint density at radius 3 is 2.70 bits per heavy atom. The van der Waals surface area contributed by atoms with Gasteiger partial charge in [0.15, 0.2) is 0 Å². The summed E-state index contributed by atoms with van der Waals surface area (Å²) in [5.41, 5.74) is 0.510. The molecule has 2 saturated heterocycles. The second kappa shape index (κ2) is 2.51. The summed E-state index contributed by atoms with van der Waals surface area (Å²) in [7, 11) is 0. The Balaban J connectivity index is 1.92. The van der Waals surface area contributed by atoms with Crippen LogP contribution in [0.15, 0.2) is 0 Å². The number of nitrogens with one attached hydrogen (secondary N) is 1. The Kier molecular flexibility index (Phi) is 1.66. The van der Waals surface area contributed by atoms with Crippen LogP contribution in [0.3, 0.4) is 0 Å². The summed E-state index contributed by atoms with van der Waals surface area (Å²) in [4.78, 5) is 0. The third-order valence-electron chi connectivity index (χ3n) is 2.77. The molecule has 2 aliphatic rings. The Morgan fingerprint density at radius 1 is 1.10 bits per heavy atom. The summed E-state index contributed by atoms with van der Waals surface area (Å²) in [6.07, 6.45) is 5.17. The van der Waals surface area contributed by atoms with Gasteiger partial charge in [-0.25, -0.2) is 0 Å². The van der Waals surface area contributed by atoms with E-state index >= 15 is 0 Å². The molecule has 0 aromatic carbocycles. The molecule has 0 bridgehead atoms. The van der Waals surface area contributed by atoms with Crippen LogP contribution in [0.1, 0.15) is 25.7 Å². The van der Waals surface area contributed by atoms with Gasteiger partial charge >= 0.3 is 0 Å². The van der Waals surface area contributed by atoms with E-state index in [1.54, 1.807) is 0 Å². The van der Waals surface area contributed by atoms with Gasteiger partial charge in [-0.1, -0.05) is 0 Å².